The normalized spacial score (nSPS) is 16.5. The van der Waals surface area contributed by atoms with Crippen molar-refractivity contribution in [2.75, 3.05) is 0 Å². The minimum atomic E-state index is 0.516. The molecule has 0 fully saturated rings. The molecule has 0 amide bonds. The third kappa shape index (κ3) is 4.32. The average molecular weight is 659 g/mol. The second kappa shape index (κ2) is 11.1. The van der Waals surface area contributed by atoms with Gasteiger partial charge >= 0.3 is 0 Å². The summed E-state index contributed by atoms with van der Waals surface area (Å²) in [7, 11) is 0. The van der Waals surface area contributed by atoms with Crippen LogP contribution in [0.3, 0.4) is 0 Å². The second-order valence-corrected chi connectivity index (χ2v) is 14.4. The number of nitriles is 2. The third-order valence-electron chi connectivity index (χ3n) is 11.6. The van der Waals surface area contributed by atoms with E-state index in [0.29, 0.717) is 23.0 Å². The highest BCUT2D eigenvalue weighted by molar-refractivity contribution is 6.00. The predicted molar refractivity (Wildman–Crippen MR) is 203 cm³/mol. The number of benzene rings is 5. The van der Waals surface area contributed by atoms with E-state index in [9.17, 15) is 10.5 Å². The van der Waals surface area contributed by atoms with E-state index in [2.05, 4.69) is 120 Å². The smallest absolute Gasteiger partial charge is 0.155 e. The van der Waals surface area contributed by atoms with Crippen LogP contribution in [0, 0.1) is 34.5 Å². The molecule has 244 valence electrons. The third-order valence-corrected chi connectivity index (χ3v) is 11.6. The van der Waals surface area contributed by atoms with Crippen molar-refractivity contribution in [1.29, 1.82) is 10.5 Å². The van der Waals surface area contributed by atoms with E-state index in [4.69, 9.17) is 4.42 Å². The van der Waals surface area contributed by atoms with Crippen LogP contribution in [0.15, 0.2) is 114 Å². The fourth-order valence-corrected chi connectivity index (χ4v) is 8.90. The van der Waals surface area contributed by atoms with Crippen LogP contribution < -0.4 is 0 Å². The van der Waals surface area contributed by atoms with Crippen LogP contribution >= 0.6 is 0 Å². The molecule has 2 unspecified atom stereocenters. The van der Waals surface area contributed by atoms with E-state index in [-0.39, 0.29) is 0 Å². The molecule has 5 heteroatoms. The molecule has 3 aromatic heterocycles. The summed E-state index contributed by atoms with van der Waals surface area (Å²) < 4.78 is 11.4. The number of aromatic nitrogens is 2. The summed E-state index contributed by atoms with van der Waals surface area (Å²) in [5.41, 5.74) is 15.1. The van der Waals surface area contributed by atoms with Gasteiger partial charge in [-0.05, 0) is 115 Å². The van der Waals surface area contributed by atoms with Gasteiger partial charge in [0.15, 0.2) is 5.76 Å². The summed E-state index contributed by atoms with van der Waals surface area (Å²) in [6.45, 7) is 4.67. The minimum Gasteiger partial charge on any atom is -0.454 e. The second-order valence-electron chi connectivity index (χ2n) is 14.4. The molecule has 2 aliphatic rings. The molecule has 0 saturated carbocycles. The summed E-state index contributed by atoms with van der Waals surface area (Å²) >= 11 is 0. The van der Waals surface area contributed by atoms with Gasteiger partial charge in [0.05, 0.1) is 45.7 Å². The zero-order chi connectivity index (χ0) is 34.4. The van der Waals surface area contributed by atoms with Gasteiger partial charge in [-0.15, -0.1) is 0 Å². The largest absolute Gasteiger partial charge is 0.454 e. The van der Waals surface area contributed by atoms with Crippen molar-refractivity contribution in [3.05, 3.63) is 143 Å². The van der Waals surface area contributed by atoms with Crippen molar-refractivity contribution >= 4 is 32.8 Å². The molecule has 10 rings (SSSR count). The van der Waals surface area contributed by atoms with E-state index in [1.54, 1.807) is 0 Å². The monoisotopic (exact) mass is 658 g/mol. The number of fused-ring (bicyclic) bond motifs is 10. The van der Waals surface area contributed by atoms with Crippen LogP contribution in [-0.2, 0) is 25.7 Å². The zero-order valence-electron chi connectivity index (χ0n) is 28.6. The average Bonchev–Trinajstić information content (AvgIpc) is 3.82. The molecular formula is C46H34N4O. The fraction of sp³-hybridized carbons (Fsp3) is 0.174. The van der Waals surface area contributed by atoms with E-state index >= 15 is 0 Å². The van der Waals surface area contributed by atoms with Crippen LogP contribution in [0.25, 0.3) is 66.7 Å². The van der Waals surface area contributed by atoms with Crippen LogP contribution in [0.1, 0.15) is 47.4 Å². The lowest BCUT2D eigenvalue weighted by atomic mass is 9.80. The summed E-state index contributed by atoms with van der Waals surface area (Å²) in [5, 5.41) is 23.5. The number of furan rings is 1. The molecule has 0 spiro atoms. The number of rotatable bonds is 3. The number of para-hydroxylation sites is 2. The number of hydrogen-bond donors (Lipinski definition) is 0. The van der Waals surface area contributed by atoms with Gasteiger partial charge in [0, 0.05) is 38.7 Å². The Bertz CT molecular complexity index is 2820. The molecular weight excluding hydrogens is 625 g/mol. The molecule has 2 aliphatic carbocycles. The van der Waals surface area contributed by atoms with Gasteiger partial charge in [0.2, 0.25) is 0 Å². The van der Waals surface area contributed by atoms with Crippen molar-refractivity contribution in [2.45, 2.75) is 39.5 Å². The van der Waals surface area contributed by atoms with Gasteiger partial charge in [-0.3, -0.25) is 0 Å². The maximum atomic E-state index is 10.1. The standard InChI is InChI=1S/C46H34N4O/c1-27-20-37-38-22-29(25-47)13-18-41(38)50(42(37)21-28(27)2)43-23-30(26-48)12-15-33(43)31-14-19-40-39(24-31)35-16-17-36-34-10-6-7-11-44(34)51-46(36)45(35)49(40)32-8-4-3-5-9-32/h3-15,18-19,22-24,27-28H,16-17,20-21H2,1-2H3. The number of nitrogens with zero attached hydrogens (tertiary/aromatic N) is 4. The van der Waals surface area contributed by atoms with Gasteiger partial charge < -0.3 is 13.6 Å². The van der Waals surface area contributed by atoms with Crippen LogP contribution in [0.4, 0.5) is 0 Å². The first-order valence-corrected chi connectivity index (χ1v) is 17.9. The Balaban J connectivity index is 1.24. The molecule has 2 atom stereocenters. The van der Waals surface area contributed by atoms with Gasteiger partial charge in [-0.25, -0.2) is 0 Å². The Morgan fingerprint density at radius 3 is 2.16 bits per heavy atom. The predicted octanol–water partition coefficient (Wildman–Crippen LogP) is 10.9. The zero-order valence-corrected chi connectivity index (χ0v) is 28.6. The van der Waals surface area contributed by atoms with Crippen LogP contribution in [0.2, 0.25) is 0 Å². The topological polar surface area (TPSA) is 70.6 Å². The highest BCUT2D eigenvalue weighted by atomic mass is 16.3. The van der Waals surface area contributed by atoms with Crippen molar-refractivity contribution in [3.63, 3.8) is 0 Å². The molecule has 3 heterocycles. The maximum absolute atomic E-state index is 10.1. The van der Waals surface area contributed by atoms with Crippen molar-refractivity contribution in [1.82, 2.24) is 9.13 Å². The molecule has 5 nitrogen and oxygen atoms in total. The number of aryl methyl sites for hydroxylation is 2. The van der Waals surface area contributed by atoms with Crippen LogP contribution in [0.5, 0.6) is 0 Å². The SMILES string of the molecule is CC1Cc2c(n(-c3cc(C#N)ccc3-c3ccc4c(c3)c3c(n4-c4ccccc4)-c4oc5ccccc5c4CC3)c3ccc(C#N)cc23)CC1C. The Morgan fingerprint density at radius 1 is 0.627 bits per heavy atom. The molecule has 0 N–H and O–H groups in total. The lowest BCUT2D eigenvalue weighted by molar-refractivity contribution is 0.357. The van der Waals surface area contributed by atoms with E-state index in [1.807, 2.05) is 24.3 Å². The quantitative estimate of drug-likeness (QED) is 0.190. The van der Waals surface area contributed by atoms with Gasteiger partial charge in [-0.2, -0.15) is 10.5 Å². The summed E-state index contributed by atoms with van der Waals surface area (Å²) in [6.07, 6.45) is 3.74. The molecule has 51 heavy (non-hydrogen) atoms. The summed E-state index contributed by atoms with van der Waals surface area (Å²) in [6, 6.07) is 42.7. The van der Waals surface area contributed by atoms with Crippen LogP contribution in [-0.4, -0.2) is 9.13 Å². The lowest BCUT2D eigenvalue weighted by Crippen LogP contribution is -2.22. The maximum Gasteiger partial charge on any atom is 0.155 e. The molecule has 0 bridgehead atoms. The van der Waals surface area contributed by atoms with E-state index in [1.165, 1.54) is 33.2 Å². The Morgan fingerprint density at radius 2 is 1.31 bits per heavy atom. The molecule has 5 aromatic carbocycles. The Labute approximate surface area is 296 Å². The first kappa shape index (κ1) is 29.6. The molecule has 0 saturated heterocycles. The number of hydrogen-bond acceptors (Lipinski definition) is 3. The van der Waals surface area contributed by atoms with E-state index < -0.39 is 0 Å². The first-order chi connectivity index (χ1) is 25.0. The van der Waals surface area contributed by atoms with Gasteiger partial charge in [-0.1, -0.05) is 62.4 Å². The Hall–Kier alpha value is -6.30. The summed E-state index contributed by atoms with van der Waals surface area (Å²) in [4.78, 5) is 0. The minimum absolute atomic E-state index is 0.516. The molecule has 8 aromatic rings. The van der Waals surface area contributed by atoms with Gasteiger partial charge in [0.25, 0.3) is 0 Å². The van der Waals surface area contributed by atoms with Gasteiger partial charge in [0.1, 0.15) is 5.58 Å². The van der Waals surface area contributed by atoms with Crippen molar-refractivity contribution < 1.29 is 4.42 Å². The molecule has 0 radical (unpaired) electrons. The van der Waals surface area contributed by atoms with Crippen molar-refractivity contribution in [2.24, 2.45) is 11.8 Å². The summed E-state index contributed by atoms with van der Waals surface area (Å²) in [5.74, 6) is 2.02. The highest BCUT2D eigenvalue weighted by Gasteiger charge is 2.32. The van der Waals surface area contributed by atoms with Crippen molar-refractivity contribution in [3.8, 4) is 46.1 Å². The Kier molecular flexibility index (Phi) is 6.45. The molecule has 0 aliphatic heterocycles. The highest BCUT2D eigenvalue weighted by Crippen LogP contribution is 2.47. The lowest BCUT2D eigenvalue weighted by Gasteiger charge is -2.28. The fourth-order valence-electron chi connectivity index (χ4n) is 8.90. The van der Waals surface area contributed by atoms with E-state index in [0.717, 1.165) is 81.6 Å². The first-order valence-electron chi connectivity index (χ1n) is 17.9.